The fourth-order valence-corrected chi connectivity index (χ4v) is 5.01. The van der Waals surface area contributed by atoms with Crippen molar-refractivity contribution in [2.75, 3.05) is 19.0 Å². The molecule has 1 aliphatic rings. The van der Waals surface area contributed by atoms with Crippen molar-refractivity contribution in [3.8, 4) is 5.75 Å². The summed E-state index contributed by atoms with van der Waals surface area (Å²) >= 11 is 0. The summed E-state index contributed by atoms with van der Waals surface area (Å²) in [5.41, 5.74) is 0.876. The first kappa shape index (κ1) is 19.4. The van der Waals surface area contributed by atoms with E-state index in [2.05, 4.69) is 5.32 Å². The number of rotatable bonds is 5. The van der Waals surface area contributed by atoms with Crippen molar-refractivity contribution in [1.82, 2.24) is 4.31 Å². The Bertz CT molecular complexity index is 927. The summed E-state index contributed by atoms with van der Waals surface area (Å²) in [5.74, 6) is 0.259. The van der Waals surface area contributed by atoms with Crippen molar-refractivity contribution in [3.63, 3.8) is 0 Å². The highest BCUT2D eigenvalue weighted by Gasteiger charge is 2.31. The third-order valence-corrected chi connectivity index (χ3v) is 6.78. The van der Waals surface area contributed by atoms with Gasteiger partial charge in [-0.05, 0) is 50.1 Å². The number of benzene rings is 2. The third kappa shape index (κ3) is 4.31. The number of carbonyl (C=O) groups is 1. The summed E-state index contributed by atoms with van der Waals surface area (Å²) in [6, 6.07) is 13.2. The van der Waals surface area contributed by atoms with Crippen LogP contribution >= 0.6 is 0 Å². The van der Waals surface area contributed by atoms with E-state index in [-0.39, 0.29) is 16.8 Å². The zero-order valence-electron chi connectivity index (χ0n) is 15.5. The van der Waals surface area contributed by atoms with Gasteiger partial charge in [0.1, 0.15) is 5.75 Å². The summed E-state index contributed by atoms with van der Waals surface area (Å²) in [6.07, 6.45) is 2.75. The molecule has 1 amide bonds. The number of sulfonamides is 1. The van der Waals surface area contributed by atoms with Crippen LogP contribution in [-0.4, -0.2) is 38.3 Å². The lowest BCUT2D eigenvalue weighted by atomic mass is 10.1. The van der Waals surface area contributed by atoms with Gasteiger partial charge in [0.15, 0.2) is 0 Å². The molecule has 0 spiro atoms. The van der Waals surface area contributed by atoms with Gasteiger partial charge < -0.3 is 10.1 Å². The minimum atomic E-state index is -3.62. The Morgan fingerprint density at radius 1 is 1.15 bits per heavy atom. The molecule has 1 unspecified atom stereocenters. The van der Waals surface area contributed by atoms with Crippen molar-refractivity contribution in [1.29, 1.82) is 0 Å². The maximum Gasteiger partial charge on any atom is 0.255 e. The van der Waals surface area contributed by atoms with Gasteiger partial charge in [0.05, 0.1) is 12.0 Å². The van der Waals surface area contributed by atoms with Gasteiger partial charge in [0.25, 0.3) is 5.91 Å². The van der Waals surface area contributed by atoms with E-state index < -0.39 is 10.0 Å². The zero-order chi connectivity index (χ0) is 19.4. The van der Waals surface area contributed by atoms with E-state index in [1.807, 2.05) is 6.92 Å². The maximum atomic E-state index is 13.0. The van der Waals surface area contributed by atoms with Crippen molar-refractivity contribution in [2.24, 2.45) is 0 Å². The van der Waals surface area contributed by atoms with Gasteiger partial charge in [-0.2, -0.15) is 4.31 Å². The van der Waals surface area contributed by atoms with Gasteiger partial charge in [-0.25, -0.2) is 8.42 Å². The van der Waals surface area contributed by atoms with Gasteiger partial charge >= 0.3 is 0 Å². The first-order valence-electron chi connectivity index (χ1n) is 8.99. The van der Waals surface area contributed by atoms with E-state index in [0.29, 0.717) is 23.5 Å². The molecule has 1 heterocycles. The quantitative estimate of drug-likeness (QED) is 0.850. The number of hydrogen-bond acceptors (Lipinski definition) is 4. The van der Waals surface area contributed by atoms with Crippen molar-refractivity contribution in [3.05, 3.63) is 54.1 Å². The molecule has 7 heteroatoms. The average molecular weight is 388 g/mol. The molecule has 1 atom stereocenters. The van der Waals surface area contributed by atoms with E-state index in [4.69, 9.17) is 4.74 Å². The van der Waals surface area contributed by atoms with Gasteiger partial charge in [-0.1, -0.05) is 18.6 Å². The Labute approximate surface area is 160 Å². The van der Waals surface area contributed by atoms with Crippen LogP contribution in [0.1, 0.15) is 36.5 Å². The molecule has 0 aromatic heterocycles. The van der Waals surface area contributed by atoms with Crippen LogP contribution in [-0.2, 0) is 10.0 Å². The van der Waals surface area contributed by atoms with Crippen LogP contribution in [0.5, 0.6) is 5.75 Å². The number of ether oxygens (including phenoxy) is 1. The summed E-state index contributed by atoms with van der Waals surface area (Å²) in [4.78, 5) is 12.7. The molecule has 0 radical (unpaired) electrons. The van der Waals surface area contributed by atoms with Crippen LogP contribution < -0.4 is 10.1 Å². The number of anilines is 1. The molecule has 144 valence electrons. The molecular formula is C20H24N2O4S. The average Bonchev–Trinajstić information content (AvgIpc) is 2.68. The Morgan fingerprint density at radius 3 is 2.67 bits per heavy atom. The Balaban J connectivity index is 1.83. The summed E-state index contributed by atoms with van der Waals surface area (Å²) in [7, 11) is -2.06. The normalized spacial score (nSPS) is 18.1. The van der Waals surface area contributed by atoms with Crippen LogP contribution in [0.25, 0.3) is 0 Å². The Morgan fingerprint density at radius 2 is 1.93 bits per heavy atom. The minimum Gasteiger partial charge on any atom is -0.497 e. The Kier molecular flexibility index (Phi) is 5.82. The second-order valence-electron chi connectivity index (χ2n) is 6.67. The van der Waals surface area contributed by atoms with Crippen LogP contribution in [0.4, 0.5) is 5.69 Å². The molecule has 27 heavy (non-hydrogen) atoms. The largest absolute Gasteiger partial charge is 0.497 e. The highest BCUT2D eigenvalue weighted by molar-refractivity contribution is 7.89. The van der Waals surface area contributed by atoms with Gasteiger partial charge in [0.2, 0.25) is 10.0 Å². The molecule has 0 aliphatic carbocycles. The summed E-state index contributed by atoms with van der Waals surface area (Å²) in [5, 5.41) is 2.77. The highest BCUT2D eigenvalue weighted by atomic mass is 32.2. The number of hydrogen-bond donors (Lipinski definition) is 1. The molecule has 0 saturated carbocycles. The van der Waals surface area contributed by atoms with E-state index >= 15 is 0 Å². The fraction of sp³-hybridized carbons (Fsp3) is 0.350. The minimum absolute atomic E-state index is 0.0296. The molecule has 1 N–H and O–H groups in total. The standard InChI is InChI=1S/C20H24N2O4S/c1-15-7-3-4-12-22(15)27(24,25)19-11-5-8-16(13-19)20(23)21-17-9-6-10-18(14-17)26-2/h5-6,8-11,13-15H,3-4,7,12H2,1-2H3,(H,21,23). The number of nitrogens with one attached hydrogen (secondary N) is 1. The predicted molar refractivity (Wildman–Crippen MR) is 105 cm³/mol. The van der Waals surface area contributed by atoms with Crippen molar-refractivity contribution < 1.29 is 17.9 Å². The number of nitrogens with zero attached hydrogens (tertiary/aromatic N) is 1. The van der Waals surface area contributed by atoms with E-state index in [1.54, 1.807) is 49.6 Å². The molecule has 1 fully saturated rings. The maximum absolute atomic E-state index is 13.0. The molecule has 6 nitrogen and oxygen atoms in total. The van der Waals surface area contributed by atoms with Crippen LogP contribution in [0.3, 0.4) is 0 Å². The van der Waals surface area contributed by atoms with Gasteiger partial charge in [0, 0.05) is 29.9 Å². The number of carbonyl (C=O) groups excluding carboxylic acids is 1. The molecule has 2 aromatic rings. The summed E-state index contributed by atoms with van der Waals surface area (Å²) < 4.78 is 32.7. The first-order valence-corrected chi connectivity index (χ1v) is 10.4. The van der Waals surface area contributed by atoms with Crippen molar-refractivity contribution in [2.45, 2.75) is 37.1 Å². The van der Waals surface area contributed by atoms with Crippen LogP contribution in [0.15, 0.2) is 53.4 Å². The van der Waals surface area contributed by atoms with Gasteiger partial charge in [-0.15, -0.1) is 0 Å². The molecule has 1 saturated heterocycles. The first-order chi connectivity index (χ1) is 12.9. The highest BCUT2D eigenvalue weighted by Crippen LogP contribution is 2.26. The van der Waals surface area contributed by atoms with Crippen molar-refractivity contribution >= 4 is 21.6 Å². The second kappa shape index (κ2) is 8.10. The predicted octanol–water partition coefficient (Wildman–Crippen LogP) is 3.51. The lowest BCUT2D eigenvalue weighted by molar-refractivity contribution is 0.102. The zero-order valence-corrected chi connectivity index (χ0v) is 16.3. The molecule has 1 aliphatic heterocycles. The number of amides is 1. The van der Waals surface area contributed by atoms with E-state index in [0.717, 1.165) is 19.3 Å². The lowest BCUT2D eigenvalue weighted by Gasteiger charge is -2.32. The van der Waals surface area contributed by atoms with E-state index in [1.165, 1.54) is 10.4 Å². The number of piperidine rings is 1. The SMILES string of the molecule is COc1cccc(NC(=O)c2cccc(S(=O)(=O)N3CCCCC3C)c2)c1. The second-order valence-corrected chi connectivity index (χ2v) is 8.57. The molecule has 3 rings (SSSR count). The number of methoxy groups -OCH3 is 1. The molecule has 2 aromatic carbocycles. The Hall–Kier alpha value is -2.38. The van der Waals surface area contributed by atoms with Crippen LogP contribution in [0, 0.1) is 0 Å². The van der Waals surface area contributed by atoms with E-state index in [9.17, 15) is 13.2 Å². The lowest BCUT2D eigenvalue weighted by Crippen LogP contribution is -2.41. The monoisotopic (exact) mass is 388 g/mol. The third-order valence-electron chi connectivity index (χ3n) is 4.77. The molecule has 0 bridgehead atoms. The summed E-state index contributed by atoms with van der Waals surface area (Å²) in [6.45, 7) is 2.44. The topological polar surface area (TPSA) is 75.7 Å². The van der Waals surface area contributed by atoms with Gasteiger partial charge in [-0.3, -0.25) is 4.79 Å². The fourth-order valence-electron chi connectivity index (χ4n) is 3.27. The molecular weight excluding hydrogens is 364 g/mol. The van der Waals surface area contributed by atoms with Crippen LogP contribution in [0.2, 0.25) is 0 Å². The smallest absolute Gasteiger partial charge is 0.255 e.